The lowest BCUT2D eigenvalue weighted by Crippen LogP contribution is -2.28. The number of benzene rings is 2. The summed E-state index contributed by atoms with van der Waals surface area (Å²) in [6.45, 7) is 4.56. The van der Waals surface area contributed by atoms with E-state index >= 15 is 0 Å². The average Bonchev–Trinajstić information content (AvgIpc) is 3.32. The fourth-order valence-corrected chi connectivity index (χ4v) is 5.37. The van der Waals surface area contributed by atoms with E-state index in [9.17, 15) is 18.5 Å². The van der Waals surface area contributed by atoms with E-state index in [-0.39, 0.29) is 11.6 Å². The maximum absolute atomic E-state index is 13.0. The SMILES string of the molecule is COc1cc(N(C)CCN(C)C)c([N+](=O)[O-])cc1Nc1nccc(-c2cn(S(=O)(=O)C(C)C)c3ccccc23)n1. The van der Waals surface area contributed by atoms with E-state index in [1.807, 2.05) is 36.0 Å². The van der Waals surface area contributed by atoms with Gasteiger partial charge in [0, 0.05) is 55.6 Å². The van der Waals surface area contributed by atoms with Gasteiger partial charge in [-0.15, -0.1) is 0 Å². The Bertz CT molecular complexity index is 1650. The fraction of sp³-hybridized carbons (Fsp3) is 0.333. The van der Waals surface area contributed by atoms with Gasteiger partial charge in [-0.05, 0) is 40.1 Å². The van der Waals surface area contributed by atoms with Crippen molar-refractivity contribution in [3.63, 3.8) is 0 Å². The van der Waals surface area contributed by atoms with Gasteiger partial charge in [0.05, 0.1) is 34.2 Å². The van der Waals surface area contributed by atoms with E-state index in [2.05, 4.69) is 15.3 Å². The van der Waals surface area contributed by atoms with E-state index < -0.39 is 20.2 Å². The Labute approximate surface area is 233 Å². The van der Waals surface area contributed by atoms with Crippen molar-refractivity contribution in [1.29, 1.82) is 0 Å². The number of nitrogens with one attached hydrogen (secondary N) is 1. The van der Waals surface area contributed by atoms with Crippen LogP contribution < -0.4 is 15.0 Å². The quantitative estimate of drug-likeness (QED) is 0.206. The lowest BCUT2D eigenvalue weighted by molar-refractivity contribution is -0.384. The Morgan fingerprint density at radius 3 is 2.50 bits per heavy atom. The number of likely N-dealkylation sites (N-methyl/N-ethyl adjacent to an activating group) is 2. The lowest BCUT2D eigenvalue weighted by Gasteiger charge is -2.22. The Morgan fingerprint density at radius 2 is 1.85 bits per heavy atom. The summed E-state index contributed by atoms with van der Waals surface area (Å²) in [5.41, 5.74) is 2.29. The third kappa shape index (κ3) is 5.70. The van der Waals surface area contributed by atoms with Gasteiger partial charge in [-0.25, -0.2) is 22.4 Å². The second-order valence-electron chi connectivity index (χ2n) is 9.86. The molecular formula is C27H33N7O5S. The molecule has 1 N–H and O–H groups in total. The molecule has 0 amide bonds. The Morgan fingerprint density at radius 1 is 1.12 bits per heavy atom. The Kier molecular flexibility index (Phi) is 8.26. The molecule has 0 unspecified atom stereocenters. The van der Waals surface area contributed by atoms with E-state index in [4.69, 9.17) is 4.74 Å². The van der Waals surface area contributed by atoms with Crippen molar-refractivity contribution in [1.82, 2.24) is 18.8 Å². The minimum atomic E-state index is -3.62. The van der Waals surface area contributed by atoms with Gasteiger partial charge < -0.3 is 19.9 Å². The van der Waals surface area contributed by atoms with Crippen LogP contribution in [0.3, 0.4) is 0 Å². The molecule has 212 valence electrons. The molecule has 0 radical (unpaired) electrons. The average molecular weight is 568 g/mol. The monoisotopic (exact) mass is 567 g/mol. The van der Waals surface area contributed by atoms with E-state index in [1.54, 1.807) is 51.4 Å². The molecule has 4 rings (SSSR count). The number of nitrogens with zero attached hydrogens (tertiary/aromatic N) is 6. The molecule has 0 saturated carbocycles. The minimum absolute atomic E-state index is 0.0947. The molecule has 0 fully saturated rings. The van der Waals surface area contributed by atoms with Crippen molar-refractivity contribution in [3.05, 3.63) is 65.0 Å². The molecular weight excluding hydrogens is 534 g/mol. The number of aromatic nitrogens is 3. The molecule has 0 bridgehead atoms. The second-order valence-corrected chi connectivity index (χ2v) is 12.2. The molecule has 2 aromatic heterocycles. The van der Waals surface area contributed by atoms with Gasteiger partial charge in [0.1, 0.15) is 11.4 Å². The van der Waals surface area contributed by atoms with Crippen LogP contribution in [0.5, 0.6) is 5.75 Å². The van der Waals surface area contributed by atoms with Crippen LogP contribution in [0, 0.1) is 10.1 Å². The summed E-state index contributed by atoms with van der Waals surface area (Å²) in [6.07, 6.45) is 3.11. The van der Waals surface area contributed by atoms with Gasteiger partial charge in [-0.3, -0.25) is 10.1 Å². The molecule has 2 aromatic carbocycles. The number of methoxy groups -OCH3 is 1. The number of para-hydroxylation sites is 1. The topological polar surface area (TPSA) is 136 Å². The first-order valence-corrected chi connectivity index (χ1v) is 14.1. The zero-order valence-electron chi connectivity index (χ0n) is 23.3. The highest BCUT2D eigenvalue weighted by atomic mass is 32.2. The highest BCUT2D eigenvalue weighted by molar-refractivity contribution is 7.90. The Hall–Kier alpha value is -4.23. The number of rotatable bonds is 11. The number of hydrogen-bond donors (Lipinski definition) is 1. The molecule has 0 spiro atoms. The van der Waals surface area contributed by atoms with Crippen molar-refractivity contribution in [2.24, 2.45) is 0 Å². The zero-order chi connectivity index (χ0) is 29.2. The smallest absolute Gasteiger partial charge is 0.294 e. The van der Waals surface area contributed by atoms with Gasteiger partial charge >= 0.3 is 0 Å². The standard InChI is InChI=1S/C27H33N7O5S/c1-18(2)40(37,38)33-17-20(19-9-7-8-10-23(19)33)21-11-12-28-27(29-21)30-22-15-25(34(35)36)24(16-26(22)39-6)32(5)14-13-31(3)4/h7-12,15-18H,13-14H2,1-6H3,(H,28,29,30). The molecule has 0 aliphatic heterocycles. The lowest BCUT2D eigenvalue weighted by atomic mass is 10.1. The van der Waals surface area contributed by atoms with Crippen LogP contribution in [-0.4, -0.2) is 78.8 Å². The predicted molar refractivity (Wildman–Crippen MR) is 157 cm³/mol. The summed E-state index contributed by atoms with van der Waals surface area (Å²) in [4.78, 5) is 24.3. The number of nitro benzene ring substituents is 1. The molecule has 2 heterocycles. The number of fused-ring (bicyclic) bond motifs is 1. The van der Waals surface area contributed by atoms with Crippen LogP contribution in [0.25, 0.3) is 22.2 Å². The van der Waals surface area contributed by atoms with Crippen molar-refractivity contribution in [3.8, 4) is 17.0 Å². The first-order chi connectivity index (χ1) is 18.9. The maximum atomic E-state index is 13.0. The number of hydrogen-bond acceptors (Lipinski definition) is 10. The summed E-state index contributed by atoms with van der Waals surface area (Å²) in [5.74, 6) is 0.549. The summed E-state index contributed by atoms with van der Waals surface area (Å²) in [7, 11) is 3.53. The molecule has 0 atom stereocenters. The maximum Gasteiger partial charge on any atom is 0.294 e. The van der Waals surface area contributed by atoms with Crippen molar-refractivity contribution >= 4 is 43.9 Å². The van der Waals surface area contributed by atoms with E-state index in [0.29, 0.717) is 47.0 Å². The van der Waals surface area contributed by atoms with Crippen LogP contribution in [0.4, 0.5) is 23.0 Å². The third-order valence-electron chi connectivity index (χ3n) is 6.51. The van der Waals surface area contributed by atoms with Crippen molar-refractivity contribution in [2.45, 2.75) is 19.1 Å². The van der Waals surface area contributed by atoms with Crippen LogP contribution in [0.2, 0.25) is 0 Å². The fourth-order valence-electron chi connectivity index (χ4n) is 4.23. The predicted octanol–water partition coefficient (Wildman–Crippen LogP) is 4.34. The molecule has 4 aromatic rings. The number of ether oxygens (including phenoxy) is 1. The summed E-state index contributed by atoms with van der Waals surface area (Å²) in [5, 5.41) is 15.1. The van der Waals surface area contributed by atoms with E-state index in [1.165, 1.54) is 23.3 Å². The molecule has 0 aliphatic carbocycles. The van der Waals surface area contributed by atoms with Gasteiger partial charge in [0.15, 0.2) is 0 Å². The number of nitro groups is 1. The molecule has 40 heavy (non-hydrogen) atoms. The van der Waals surface area contributed by atoms with Gasteiger partial charge in [0.25, 0.3) is 5.69 Å². The number of anilines is 3. The molecule has 13 heteroatoms. The van der Waals surface area contributed by atoms with Crippen LogP contribution in [-0.2, 0) is 10.0 Å². The zero-order valence-corrected chi connectivity index (χ0v) is 24.1. The highest BCUT2D eigenvalue weighted by Gasteiger charge is 2.24. The normalized spacial score (nSPS) is 11.8. The van der Waals surface area contributed by atoms with E-state index in [0.717, 1.165) is 5.39 Å². The van der Waals surface area contributed by atoms with Crippen molar-refractivity contribution < 1.29 is 18.1 Å². The summed E-state index contributed by atoms with van der Waals surface area (Å²) in [6, 6.07) is 11.9. The summed E-state index contributed by atoms with van der Waals surface area (Å²) >= 11 is 0. The van der Waals surface area contributed by atoms with Crippen LogP contribution >= 0.6 is 0 Å². The third-order valence-corrected chi connectivity index (χ3v) is 8.56. The molecule has 0 saturated heterocycles. The highest BCUT2D eigenvalue weighted by Crippen LogP contribution is 2.39. The largest absolute Gasteiger partial charge is 0.494 e. The first-order valence-electron chi connectivity index (χ1n) is 12.6. The van der Waals surface area contributed by atoms with Gasteiger partial charge in [-0.1, -0.05) is 18.2 Å². The van der Waals surface area contributed by atoms with Crippen LogP contribution in [0.15, 0.2) is 54.9 Å². The first kappa shape index (κ1) is 28.8. The van der Waals surface area contributed by atoms with Crippen LogP contribution in [0.1, 0.15) is 13.8 Å². The Balaban J connectivity index is 1.75. The summed E-state index contributed by atoms with van der Waals surface area (Å²) < 4.78 is 32.9. The minimum Gasteiger partial charge on any atom is -0.494 e. The van der Waals surface area contributed by atoms with Gasteiger partial charge in [-0.2, -0.15) is 0 Å². The van der Waals surface area contributed by atoms with Crippen molar-refractivity contribution in [2.75, 3.05) is 51.6 Å². The second kappa shape index (κ2) is 11.5. The molecule has 12 nitrogen and oxygen atoms in total. The van der Waals surface area contributed by atoms with Gasteiger partial charge in [0.2, 0.25) is 16.0 Å². The molecule has 0 aliphatic rings.